The molecular weight excluding hydrogens is 228 g/mol. The van der Waals surface area contributed by atoms with Crippen molar-refractivity contribution in [3.8, 4) is 0 Å². The van der Waals surface area contributed by atoms with Gasteiger partial charge in [0.1, 0.15) is 0 Å². The lowest BCUT2D eigenvalue weighted by atomic mass is 9.76. The summed E-state index contributed by atoms with van der Waals surface area (Å²) in [5.41, 5.74) is -0.974. The summed E-state index contributed by atoms with van der Waals surface area (Å²) in [6.45, 7) is 6.96. The summed E-state index contributed by atoms with van der Waals surface area (Å²) in [7, 11) is 0. The van der Waals surface area contributed by atoms with Crippen LogP contribution in [0.15, 0.2) is 23.8 Å². The van der Waals surface area contributed by atoms with Crippen molar-refractivity contribution in [2.24, 2.45) is 5.92 Å². The second kappa shape index (κ2) is 5.37. The van der Waals surface area contributed by atoms with E-state index in [4.69, 9.17) is 0 Å². The van der Waals surface area contributed by atoms with Crippen molar-refractivity contribution in [1.82, 2.24) is 0 Å². The van der Waals surface area contributed by atoms with E-state index in [0.29, 0.717) is 12.8 Å². The lowest BCUT2D eigenvalue weighted by Gasteiger charge is -2.33. The fourth-order valence-electron chi connectivity index (χ4n) is 2.13. The molecule has 18 heavy (non-hydrogen) atoms. The van der Waals surface area contributed by atoms with E-state index in [-0.39, 0.29) is 11.7 Å². The molecular formula is C15H24O3. The van der Waals surface area contributed by atoms with E-state index in [1.807, 2.05) is 13.0 Å². The molecule has 1 aliphatic rings. The van der Waals surface area contributed by atoms with Gasteiger partial charge >= 0.3 is 0 Å². The molecule has 0 aromatic heterocycles. The first kappa shape index (κ1) is 15.1. The highest BCUT2D eigenvalue weighted by Crippen LogP contribution is 2.32. The maximum absolute atomic E-state index is 11.6. The topological polar surface area (TPSA) is 57.5 Å². The number of allylic oxidation sites excluding steroid dienone is 2. The Morgan fingerprint density at radius 2 is 2.00 bits per heavy atom. The lowest BCUT2D eigenvalue weighted by molar-refractivity contribution is -0.119. The molecule has 0 heterocycles. The predicted octanol–water partition coefficient (Wildman–Crippen LogP) is 2.38. The van der Waals surface area contributed by atoms with Gasteiger partial charge < -0.3 is 10.2 Å². The minimum atomic E-state index is -0.908. The standard InChI is InChI=1S/C15H24O3/c1-11-6-7-12(10-13(11)16)15(4,18)9-5-8-14(2,3)17/h5-6,8,12,17-18H,7,9-10H2,1-4H3/b8-5+/t12-,15-/m1/s1. The quantitative estimate of drug-likeness (QED) is 0.755. The number of carbonyl (C=O) groups excluding carboxylic acids is 1. The zero-order valence-electron chi connectivity index (χ0n) is 11.7. The Hall–Kier alpha value is -0.930. The highest BCUT2D eigenvalue weighted by atomic mass is 16.3. The number of carbonyl (C=O) groups is 1. The average Bonchev–Trinajstić information content (AvgIpc) is 2.19. The molecule has 0 radical (unpaired) electrons. The van der Waals surface area contributed by atoms with Gasteiger partial charge in [-0.3, -0.25) is 4.79 Å². The molecule has 0 saturated heterocycles. The summed E-state index contributed by atoms with van der Waals surface area (Å²) in [6.07, 6.45) is 6.96. The Morgan fingerprint density at radius 3 is 2.50 bits per heavy atom. The normalized spacial score (nSPS) is 25.1. The van der Waals surface area contributed by atoms with Crippen LogP contribution in [0.5, 0.6) is 0 Å². The van der Waals surface area contributed by atoms with Crippen molar-refractivity contribution >= 4 is 5.78 Å². The van der Waals surface area contributed by atoms with E-state index in [0.717, 1.165) is 12.0 Å². The van der Waals surface area contributed by atoms with Crippen LogP contribution in [0, 0.1) is 5.92 Å². The van der Waals surface area contributed by atoms with Crippen LogP contribution in [0.25, 0.3) is 0 Å². The molecule has 0 fully saturated rings. The van der Waals surface area contributed by atoms with Crippen LogP contribution >= 0.6 is 0 Å². The van der Waals surface area contributed by atoms with Gasteiger partial charge in [0, 0.05) is 6.42 Å². The molecule has 3 nitrogen and oxygen atoms in total. The van der Waals surface area contributed by atoms with Crippen molar-refractivity contribution in [3.05, 3.63) is 23.8 Å². The molecule has 0 bridgehead atoms. The van der Waals surface area contributed by atoms with E-state index in [1.54, 1.807) is 32.9 Å². The monoisotopic (exact) mass is 252 g/mol. The first-order chi connectivity index (χ1) is 8.12. The van der Waals surface area contributed by atoms with Gasteiger partial charge in [0.25, 0.3) is 0 Å². The molecule has 1 aliphatic carbocycles. The van der Waals surface area contributed by atoms with Crippen LogP contribution in [-0.2, 0) is 4.79 Å². The van der Waals surface area contributed by atoms with Gasteiger partial charge in [0.15, 0.2) is 5.78 Å². The maximum atomic E-state index is 11.6. The van der Waals surface area contributed by atoms with Gasteiger partial charge in [0.05, 0.1) is 11.2 Å². The van der Waals surface area contributed by atoms with Crippen molar-refractivity contribution < 1.29 is 15.0 Å². The highest BCUT2D eigenvalue weighted by molar-refractivity contribution is 5.95. The number of aliphatic hydroxyl groups is 2. The summed E-state index contributed by atoms with van der Waals surface area (Å²) in [6, 6.07) is 0. The summed E-state index contributed by atoms with van der Waals surface area (Å²) in [5, 5.41) is 20.0. The second-order valence-electron chi connectivity index (χ2n) is 6.06. The number of ketones is 1. The zero-order valence-corrected chi connectivity index (χ0v) is 11.7. The van der Waals surface area contributed by atoms with Crippen LogP contribution < -0.4 is 0 Å². The fraction of sp³-hybridized carbons (Fsp3) is 0.667. The summed E-state index contributed by atoms with van der Waals surface area (Å²) >= 11 is 0. The molecule has 102 valence electrons. The van der Waals surface area contributed by atoms with Crippen LogP contribution in [0.1, 0.15) is 47.0 Å². The smallest absolute Gasteiger partial charge is 0.158 e. The molecule has 2 N–H and O–H groups in total. The second-order valence-corrected chi connectivity index (χ2v) is 6.06. The van der Waals surface area contributed by atoms with Crippen LogP contribution in [0.4, 0.5) is 0 Å². The SMILES string of the molecule is CC1=CC[C@@H]([C@](C)(O)C/C=C/C(C)(C)O)CC1=O. The molecule has 0 saturated carbocycles. The maximum Gasteiger partial charge on any atom is 0.158 e. The van der Waals surface area contributed by atoms with Gasteiger partial charge in [-0.25, -0.2) is 0 Å². The third kappa shape index (κ3) is 4.39. The van der Waals surface area contributed by atoms with E-state index in [1.165, 1.54) is 0 Å². The summed E-state index contributed by atoms with van der Waals surface area (Å²) < 4.78 is 0. The van der Waals surface area contributed by atoms with Gasteiger partial charge in [-0.1, -0.05) is 18.2 Å². The Bertz CT molecular complexity index is 370. The van der Waals surface area contributed by atoms with Crippen LogP contribution in [0.3, 0.4) is 0 Å². The number of Topliss-reactive ketones (excluding diaryl/α,β-unsaturated/α-hetero) is 1. The largest absolute Gasteiger partial charge is 0.390 e. The average molecular weight is 252 g/mol. The Labute approximate surface area is 109 Å². The number of rotatable bonds is 4. The Morgan fingerprint density at radius 1 is 1.39 bits per heavy atom. The Kier molecular flexibility index (Phi) is 4.51. The van der Waals surface area contributed by atoms with Crippen molar-refractivity contribution in [1.29, 1.82) is 0 Å². The van der Waals surface area contributed by atoms with Gasteiger partial charge in [0.2, 0.25) is 0 Å². The molecule has 0 amide bonds. The molecule has 0 aliphatic heterocycles. The molecule has 0 unspecified atom stereocenters. The lowest BCUT2D eigenvalue weighted by Crippen LogP contribution is -2.37. The van der Waals surface area contributed by atoms with E-state index < -0.39 is 11.2 Å². The number of hydrogen-bond donors (Lipinski definition) is 2. The molecule has 2 atom stereocenters. The summed E-state index contributed by atoms with van der Waals surface area (Å²) in [4.78, 5) is 11.6. The van der Waals surface area contributed by atoms with E-state index in [9.17, 15) is 15.0 Å². The molecule has 3 heteroatoms. The third-order valence-electron chi connectivity index (χ3n) is 3.52. The van der Waals surface area contributed by atoms with Crippen molar-refractivity contribution in [3.63, 3.8) is 0 Å². The molecule has 0 aromatic carbocycles. The van der Waals surface area contributed by atoms with E-state index >= 15 is 0 Å². The minimum Gasteiger partial charge on any atom is -0.390 e. The van der Waals surface area contributed by atoms with Gasteiger partial charge in [-0.05, 0) is 52.0 Å². The van der Waals surface area contributed by atoms with E-state index in [2.05, 4.69) is 0 Å². The summed E-state index contributed by atoms with van der Waals surface area (Å²) in [5.74, 6) is 0.0816. The van der Waals surface area contributed by atoms with Crippen LogP contribution in [-0.4, -0.2) is 27.2 Å². The minimum absolute atomic E-state index is 0.0415. The zero-order chi connectivity index (χ0) is 14.0. The molecule has 0 spiro atoms. The van der Waals surface area contributed by atoms with Crippen LogP contribution in [0.2, 0.25) is 0 Å². The first-order valence-corrected chi connectivity index (χ1v) is 6.44. The molecule has 1 rings (SSSR count). The third-order valence-corrected chi connectivity index (χ3v) is 3.52. The fourth-order valence-corrected chi connectivity index (χ4v) is 2.13. The van der Waals surface area contributed by atoms with Crippen molar-refractivity contribution in [2.75, 3.05) is 0 Å². The van der Waals surface area contributed by atoms with Crippen molar-refractivity contribution in [2.45, 2.75) is 58.2 Å². The first-order valence-electron chi connectivity index (χ1n) is 6.44. The highest BCUT2D eigenvalue weighted by Gasteiger charge is 2.34. The van der Waals surface area contributed by atoms with Gasteiger partial charge in [-0.2, -0.15) is 0 Å². The van der Waals surface area contributed by atoms with Gasteiger partial charge in [-0.15, -0.1) is 0 Å². The number of hydrogen-bond acceptors (Lipinski definition) is 3. The predicted molar refractivity (Wildman–Crippen MR) is 72.2 cm³/mol. The Balaban J connectivity index is 2.65. The molecule has 0 aromatic rings.